The molecule has 0 N–H and O–H groups in total. The highest BCUT2D eigenvalue weighted by atomic mass is 32.2. The summed E-state index contributed by atoms with van der Waals surface area (Å²) in [6.45, 7) is 0. The zero-order valence-electron chi connectivity index (χ0n) is 15.1. The molecule has 2 aromatic carbocycles. The van der Waals surface area contributed by atoms with E-state index in [9.17, 15) is 34.4 Å². The van der Waals surface area contributed by atoms with Crippen molar-refractivity contribution >= 4 is 20.2 Å². The Kier molecular flexibility index (Phi) is 4.87. The van der Waals surface area contributed by atoms with Crippen molar-refractivity contribution in [3.63, 3.8) is 0 Å². The highest BCUT2D eigenvalue weighted by Gasteiger charge is 2.57. The first-order chi connectivity index (χ1) is 14.9. The molecule has 2 aliphatic rings. The minimum Gasteiger partial charge on any atom is -0.252 e. The van der Waals surface area contributed by atoms with Crippen LogP contribution in [-0.4, -0.2) is 16.8 Å². The fourth-order valence-electron chi connectivity index (χ4n) is 3.37. The number of hydrogen-bond donors (Lipinski definition) is 0. The molecule has 8 nitrogen and oxygen atoms in total. The van der Waals surface area contributed by atoms with Gasteiger partial charge in [-0.05, 0) is 24.3 Å². The van der Waals surface area contributed by atoms with Crippen LogP contribution in [0.5, 0.6) is 0 Å². The van der Waals surface area contributed by atoms with E-state index < -0.39 is 87.8 Å². The lowest BCUT2D eigenvalue weighted by atomic mass is 10.0. The van der Waals surface area contributed by atoms with Crippen molar-refractivity contribution < 1.29 is 42.8 Å². The second-order valence-electron chi connectivity index (χ2n) is 6.52. The molecule has 0 fully saturated rings. The zero-order valence-corrected chi connectivity index (χ0v) is 16.8. The number of hydrogen-bond acceptors (Lipinski definition) is 8. The second-order valence-corrected chi connectivity index (χ2v) is 9.60. The van der Waals surface area contributed by atoms with E-state index in [-0.39, 0.29) is 0 Å². The highest BCUT2D eigenvalue weighted by Crippen LogP contribution is 2.55. The maximum atomic E-state index is 14.5. The summed E-state index contributed by atoms with van der Waals surface area (Å²) in [7, 11) is -10.2. The summed E-state index contributed by atoms with van der Waals surface area (Å²) in [5, 5.41) is 17.6. The van der Waals surface area contributed by atoms with E-state index >= 15 is 0 Å². The van der Waals surface area contributed by atoms with E-state index in [0.29, 0.717) is 24.3 Å². The molecule has 4 rings (SSSR count). The van der Waals surface area contributed by atoms with Gasteiger partial charge in [-0.15, -0.1) is 0 Å². The lowest BCUT2D eigenvalue weighted by Gasteiger charge is -2.17. The van der Waals surface area contributed by atoms with Crippen molar-refractivity contribution in [2.24, 2.45) is 0 Å². The van der Waals surface area contributed by atoms with Gasteiger partial charge in [-0.1, -0.05) is 0 Å². The lowest BCUT2D eigenvalue weighted by Crippen LogP contribution is -2.18. The third-order valence-electron chi connectivity index (χ3n) is 4.64. The van der Waals surface area contributed by atoms with Crippen molar-refractivity contribution in [3.8, 4) is 12.1 Å². The minimum atomic E-state index is -5.11. The Balaban J connectivity index is 1.98. The first-order valence-corrected chi connectivity index (χ1v) is 11.1. The average Bonchev–Trinajstić information content (AvgIpc) is 3.13. The molecule has 2 aromatic rings. The Bertz CT molecular complexity index is 1380. The summed E-state index contributed by atoms with van der Waals surface area (Å²) < 4.78 is 117. The lowest BCUT2D eigenvalue weighted by molar-refractivity contribution is 0.234. The molecule has 0 aromatic heterocycles. The van der Waals surface area contributed by atoms with Gasteiger partial charge in [-0.25, -0.2) is 17.6 Å². The predicted octanol–water partition coefficient (Wildman–Crippen LogP) is 2.70. The van der Waals surface area contributed by atoms with Gasteiger partial charge in [0.25, 0.3) is 20.2 Å². The molecule has 2 aliphatic heterocycles. The van der Waals surface area contributed by atoms with Crippen molar-refractivity contribution in [2.75, 3.05) is 0 Å². The molecule has 0 amide bonds. The fraction of sp³-hybridized carbons (Fsp3) is 0.111. The predicted molar refractivity (Wildman–Crippen MR) is 94.7 cm³/mol. The topological polar surface area (TPSA) is 134 Å². The number of nitriles is 2. The van der Waals surface area contributed by atoms with Crippen LogP contribution in [0.4, 0.5) is 17.6 Å². The molecule has 2 heterocycles. The minimum absolute atomic E-state index is 0.482. The Hall–Kier alpha value is -3.30. The normalized spacial score (nSPS) is 22.9. The summed E-state index contributed by atoms with van der Waals surface area (Å²) in [5.41, 5.74) is -3.29. The van der Waals surface area contributed by atoms with Gasteiger partial charge in [-0.3, -0.25) is 8.37 Å². The Labute approximate surface area is 177 Å². The third kappa shape index (κ3) is 3.16. The van der Waals surface area contributed by atoms with Crippen LogP contribution in [-0.2, 0) is 28.6 Å². The molecule has 0 aliphatic carbocycles. The first-order valence-electron chi connectivity index (χ1n) is 8.30. The number of nitrogens with zero attached hydrogens (tertiary/aromatic N) is 2. The number of rotatable bonds is 2. The maximum Gasteiger partial charge on any atom is 0.298 e. The van der Waals surface area contributed by atoms with Crippen LogP contribution in [0.1, 0.15) is 34.5 Å². The van der Waals surface area contributed by atoms with Gasteiger partial charge < -0.3 is 0 Å². The van der Waals surface area contributed by atoms with Crippen LogP contribution in [0.2, 0.25) is 0 Å². The van der Waals surface area contributed by atoms with E-state index in [1.165, 1.54) is 12.1 Å². The molecular formula is C18H6F4N2O6S2. The van der Waals surface area contributed by atoms with Crippen LogP contribution >= 0.6 is 0 Å². The van der Waals surface area contributed by atoms with E-state index in [0.717, 1.165) is 0 Å². The summed E-state index contributed by atoms with van der Waals surface area (Å²) in [6, 6.07) is 4.99. The van der Waals surface area contributed by atoms with E-state index in [1.54, 1.807) is 0 Å². The van der Waals surface area contributed by atoms with Gasteiger partial charge in [-0.2, -0.15) is 27.4 Å². The second kappa shape index (κ2) is 7.11. The monoisotopic (exact) mass is 486 g/mol. The van der Waals surface area contributed by atoms with E-state index in [2.05, 4.69) is 8.37 Å². The van der Waals surface area contributed by atoms with Gasteiger partial charge >= 0.3 is 0 Å². The van der Waals surface area contributed by atoms with Crippen LogP contribution in [0.3, 0.4) is 0 Å². The fourth-order valence-corrected chi connectivity index (χ4v) is 6.76. The molecule has 32 heavy (non-hydrogen) atoms. The van der Waals surface area contributed by atoms with Gasteiger partial charge in [0.15, 0.2) is 0 Å². The van der Waals surface area contributed by atoms with E-state index in [4.69, 9.17) is 10.5 Å². The van der Waals surface area contributed by atoms with Gasteiger partial charge in [0.1, 0.15) is 45.3 Å². The molecule has 2 unspecified atom stereocenters. The van der Waals surface area contributed by atoms with Crippen LogP contribution in [0, 0.1) is 45.9 Å². The highest BCUT2D eigenvalue weighted by molar-refractivity contribution is 7.96. The standard InChI is InChI=1S/C18H6F4N2O6S2/c19-9-1-7(5-23)2-10(20)13(9)15-17-18(32(27,28)29-15)16(30-31(17,25)26)14-11(21)3-8(6-24)4-12(14)22/h1-4,15-16H. The van der Waals surface area contributed by atoms with Gasteiger partial charge in [0.2, 0.25) is 0 Å². The van der Waals surface area contributed by atoms with Crippen LogP contribution < -0.4 is 0 Å². The maximum absolute atomic E-state index is 14.5. The van der Waals surface area contributed by atoms with Crippen molar-refractivity contribution in [2.45, 2.75) is 12.2 Å². The molecule has 0 spiro atoms. The molecule has 0 saturated heterocycles. The van der Waals surface area contributed by atoms with Crippen molar-refractivity contribution in [1.82, 2.24) is 0 Å². The Morgan fingerprint density at radius 2 is 0.938 bits per heavy atom. The zero-order chi connectivity index (χ0) is 23.6. The molecule has 0 radical (unpaired) electrons. The van der Waals surface area contributed by atoms with Gasteiger partial charge in [0.05, 0.1) is 34.4 Å². The summed E-state index contributed by atoms with van der Waals surface area (Å²) >= 11 is 0. The van der Waals surface area contributed by atoms with Crippen LogP contribution in [0.25, 0.3) is 0 Å². The third-order valence-corrected chi connectivity index (χ3v) is 7.61. The number of benzene rings is 2. The molecule has 164 valence electrons. The Morgan fingerprint density at radius 1 is 0.656 bits per heavy atom. The summed E-state index contributed by atoms with van der Waals surface area (Å²) in [6.07, 6.45) is -4.80. The molecular weight excluding hydrogens is 480 g/mol. The molecule has 14 heteroatoms. The SMILES string of the molecule is N#Cc1cc(F)c(C2OS(=O)(=O)C3=C2S(=O)(=O)OC3c2c(F)cc(C#N)cc2F)c(F)c1. The van der Waals surface area contributed by atoms with Gasteiger partial charge in [0, 0.05) is 0 Å². The summed E-state index contributed by atoms with van der Waals surface area (Å²) in [5.74, 6) is -5.98. The smallest absolute Gasteiger partial charge is 0.252 e. The number of halogens is 4. The van der Waals surface area contributed by atoms with Crippen molar-refractivity contribution in [3.05, 3.63) is 79.6 Å². The molecule has 0 saturated carbocycles. The van der Waals surface area contributed by atoms with E-state index in [1.807, 2.05) is 0 Å². The molecule has 0 bridgehead atoms. The summed E-state index contributed by atoms with van der Waals surface area (Å²) in [4.78, 5) is -2.51. The largest absolute Gasteiger partial charge is 0.298 e. The molecule has 2 atom stereocenters. The van der Waals surface area contributed by atoms with Crippen molar-refractivity contribution in [1.29, 1.82) is 10.5 Å². The first kappa shape index (κ1) is 21.9. The quantitative estimate of drug-likeness (QED) is 0.467. The average molecular weight is 486 g/mol. The Morgan fingerprint density at radius 3 is 1.19 bits per heavy atom. The van der Waals surface area contributed by atoms with Crippen LogP contribution in [0.15, 0.2) is 34.1 Å².